The number of hydrogen-bond donors (Lipinski definition) is 0. The largest absolute Gasteiger partial charge is 0.309 e. The highest BCUT2D eigenvalue weighted by Crippen LogP contribution is 2.45. The van der Waals surface area contributed by atoms with Gasteiger partial charge in [-0.05, 0) is 142 Å². The summed E-state index contributed by atoms with van der Waals surface area (Å²) in [6.07, 6.45) is 0. The van der Waals surface area contributed by atoms with Gasteiger partial charge in [0.05, 0.1) is 33.8 Å². The van der Waals surface area contributed by atoms with Crippen molar-refractivity contribution in [3.8, 4) is 22.5 Å². The zero-order valence-corrected chi connectivity index (χ0v) is 41.7. The maximum absolute atomic E-state index is 5.99. The number of hydrogen-bond acceptors (Lipinski definition) is 2. The van der Waals surface area contributed by atoms with E-state index in [0.717, 1.165) is 33.8 Å². The van der Waals surface area contributed by atoms with Crippen LogP contribution in [0.5, 0.6) is 0 Å². The number of para-hydroxylation sites is 3. The molecule has 3 heterocycles. The molecule has 11 aromatic carbocycles. The van der Waals surface area contributed by atoms with Gasteiger partial charge in [0.2, 0.25) is 0 Å². The van der Waals surface area contributed by atoms with Crippen LogP contribution in [-0.2, 0) is 0 Å². The molecule has 0 radical (unpaired) electrons. The van der Waals surface area contributed by atoms with E-state index in [1.165, 1.54) is 108 Å². The van der Waals surface area contributed by atoms with Crippen molar-refractivity contribution in [3.63, 3.8) is 0 Å². The first-order valence-electron chi connectivity index (χ1n) is 25.3. The molecule has 0 saturated carbocycles. The van der Waals surface area contributed by atoms with Gasteiger partial charge < -0.3 is 9.13 Å². The number of thiophene rings is 1. The summed E-state index contributed by atoms with van der Waals surface area (Å²) in [5.74, 6) is 0. The number of rotatable bonds is 8. The van der Waals surface area contributed by atoms with Crippen LogP contribution in [0.15, 0.2) is 247 Å². The van der Waals surface area contributed by atoms with Gasteiger partial charge in [-0.2, -0.15) is 0 Å². The fraction of sp³-hybridized carbons (Fsp3) is 0.0580. The van der Waals surface area contributed by atoms with Gasteiger partial charge in [0.1, 0.15) is 0 Å². The summed E-state index contributed by atoms with van der Waals surface area (Å²) in [4.78, 5) is 5.99. The van der Waals surface area contributed by atoms with Gasteiger partial charge in [0.25, 0.3) is 0 Å². The first-order valence-corrected chi connectivity index (χ1v) is 26.1. The van der Waals surface area contributed by atoms with E-state index in [1.807, 2.05) is 11.3 Å². The molecule has 3 nitrogen and oxygen atoms in total. The third kappa shape index (κ3) is 7.04. The Morgan fingerprint density at radius 3 is 1.77 bits per heavy atom. The number of aromatic nitrogens is 2. The minimum atomic E-state index is -0.231. The van der Waals surface area contributed by atoms with Gasteiger partial charge in [-0.15, -0.1) is 11.3 Å². The molecule has 0 aliphatic heterocycles. The number of allylic oxidation sites excluding steroid dienone is 2. The Balaban J connectivity index is 1.01. The molecule has 3 aromatic heterocycles. The average molecular weight is 952 g/mol. The van der Waals surface area contributed by atoms with Gasteiger partial charge >= 0.3 is 0 Å². The van der Waals surface area contributed by atoms with E-state index in [1.54, 1.807) is 0 Å². The Morgan fingerprint density at radius 1 is 0.411 bits per heavy atom. The first-order chi connectivity index (χ1) is 35.9. The quantitative estimate of drug-likeness (QED) is 0.135. The van der Waals surface area contributed by atoms with Crippen molar-refractivity contribution in [2.75, 3.05) is 0 Å². The van der Waals surface area contributed by atoms with Crippen LogP contribution in [0.1, 0.15) is 43.5 Å². The SMILES string of the molecule is C/C(C(=NC(C)c1cc(-n2c3ccccc3c3cc4ccccc4cc32)cc2sc3c4ccccc4ccc3c12)c1cccc(-c2ccccc2)c1)=C(/C)c1ccc2c(c1)c1ccccc1n2-c1ccccc1. The fourth-order valence-electron chi connectivity index (χ4n) is 11.6. The highest BCUT2D eigenvalue weighted by atomic mass is 32.1. The predicted octanol–water partition coefficient (Wildman–Crippen LogP) is 19.3. The van der Waals surface area contributed by atoms with Crippen LogP contribution in [0.25, 0.3) is 113 Å². The summed E-state index contributed by atoms with van der Waals surface area (Å²) in [6, 6.07) is 86.6. The molecule has 346 valence electrons. The summed E-state index contributed by atoms with van der Waals surface area (Å²) in [5.41, 5.74) is 16.2. The molecule has 73 heavy (non-hydrogen) atoms. The molecule has 14 aromatic rings. The highest BCUT2D eigenvalue weighted by molar-refractivity contribution is 7.26. The standard InChI is InChI=1S/C69H49N3S/c1-43(48-34-36-64-60(38-48)56-29-14-16-31-62(56)71(64)53-26-8-5-9-27-53)44(2)68(52-25-18-24-49(37-52)46-19-6-4-7-20-46)70-45(3)59-41-54(42-66-67(59)58-35-33-47-21-12-13-28-55(47)69(58)73-66)72-63-32-17-15-30-57(63)61-39-50-22-10-11-23-51(50)40-65(61)72/h4-42,45H,1-3H3/b44-43+,70-68?. The molecule has 1 unspecified atom stereocenters. The summed E-state index contributed by atoms with van der Waals surface area (Å²) < 4.78 is 7.44. The van der Waals surface area contributed by atoms with Crippen molar-refractivity contribution < 1.29 is 0 Å². The molecule has 0 saturated heterocycles. The lowest BCUT2D eigenvalue weighted by atomic mass is 9.92. The second kappa shape index (κ2) is 17.2. The van der Waals surface area contributed by atoms with Crippen molar-refractivity contribution in [2.24, 2.45) is 4.99 Å². The van der Waals surface area contributed by atoms with Crippen LogP contribution < -0.4 is 0 Å². The molecule has 0 bridgehead atoms. The third-order valence-electron chi connectivity index (χ3n) is 15.3. The summed E-state index contributed by atoms with van der Waals surface area (Å²) in [7, 11) is 0. The Morgan fingerprint density at radius 2 is 1.01 bits per heavy atom. The van der Waals surface area contributed by atoms with E-state index in [0.29, 0.717) is 0 Å². The van der Waals surface area contributed by atoms with Gasteiger partial charge in [-0.3, -0.25) is 4.99 Å². The number of fused-ring (bicyclic) bond motifs is 12. The van der Waals surface area contributed by atoms with E-state index in [4.69, 9.17) is 4.99 Å². The second-order valence-electron chi connectivity index (χ2n) is 19.5. The zero-order valence-electron chi connectivity index (χ0n) is 40.8. The van der Waals surface area contributed by atoms with Crippen LogP contribution in [0, 0.1) is 0 Å². The lowest BCUT2D eigenvalue weighted by molar-refractivity contribution is 0.828. The molecular formula is C69H49N3S. The highest BCUT2D eigenvalue weighted by Gasteiger charge is 2.23. The molecule has 0 N–H and O–H groups in total. The molecule has 0 spiro atoms. The smallest absolute Gasteiger partial charge is 0.0735 e. The van der Waals surface area contributed by atoms with Crippen LogP contribution in [0.2, 0.25) is 0 Å². The van der Waals surface area contributed by atoms with Gasteiger partial charge in [-0.25, -0.2) is 0 Å². The number of nitrogens with zero attached hydrogens (tertiary/aromatic N) is 3. The number of aliphatic imine (C=N–C) groups is 1. The Kier molecular flexibility index (Phi) is 10.1. The van der Waals surface area contributed by atoms with E-state index in [9.17, 15) is 0 Å². The van der Waals surface area contributed by atoms with Crippen LogP contribution in [-0.4, -0.2) is 14.8 Å². The monoisotopic (exact) mass is 951 g/mol. The molecule has 1 atom stereocenters. The normalized spacial score (nSPS) is 13.1. The maximum Gasteiger partial charge on any atom is 0.0735 e. The molecule has 0 amide bonds. The Bertz CT molecular complexity index is 4580. The average Bonchev–Trinajstić information content (AvgIpc) is 4.11. The van der Waals surface area contributed by atoms with Crippen molar-refractivity contribution in [1.29, 1.82) is 0 Å². The van der Waals surface area contributed by atoms with E-state index in [-0.39, 0.29) is 6.04 Å². The Labute approximate surface area is 427 Å². The molecule has 0 aliphatic carbocycles. The number of benzene rings is 11. The fourth-order valence-corrected chi connectivity index (χ4v) is 12.9. The van der Waals surface area contributed by atoms with E-state index >= 15 is 0 Å². The lowest BCUT2D eigenvalue weighted by Crippen LogP contribution is -2.08. The summed E-state index contributed by atoms with van der Waals surface area (Å²) in [5, 5.41) is 12.5. The van der Waals surface area contributed by atoms with Crippen molar-refractivity contribution in [1.82, 2.24) is 9.13 Å². The topological polar surface area (TPSA) is 22.2 Å². The van der Waals surface area contributed by atoms with E-state index in [2.05, 4.69) is 266 Å². The third-order valence-corrected chi connectivity index (χ3v) is 16.5. The summed E-state index contributed by atoms with van der Waals surface area (Å²) in [6.45, 7) is 6.85. The molecule has 14 rings (SSSR count). The maximum atomic E-state index is 5.99. The second-order valence-corrected chi connectivity index (χ2v) is 20.6. The van der Waals surface area contributed by atoms with Crippen LogP contribution >= 0.6 is 11.3 Å². The minimum Gasteiger partial charge on any atom is -0.309 e. The van der Waals surface area contributed by atoms with Gasteiger partial charge in [-0.1, -0.05) is 170 Å². The minimum absolute atomic E-state index is 0.231. The van der Waals surface area contributed by atoms with Gasteiger partial charge in [0, 0.05) is 58.7 Å². The first kappa shape index (κ1) is 43.0. The molecular weight excluding hydrogens is 903 g/mol. The zero-order chi connectivity index (χ0) is 48.7. The lowest BCUT2D eigenvalue weighted by Gasteiger charge is -2.19. The van der Waals surface area contributed by atoms with Gasteiger partial charge in [0.15, 0.2) is 0 Å². The molecule has 0 aliphatic rings. The van der Waals surface area contributed by atoms with E-state index < -0.39 is 0 Å². The molecule has 0 fully saturated rings. The summed E-state index contributed by atoms with van der Waals surface area (Å²) >= 11 is 1.90. The van der Waals surface area contributed by atoms with Crippen molar-refractivity contribution >= 4 is 108 Å². The van der Waals surface area contributed by atoms with Crippen LogP contribution in [0.3, 0.4) is 0 Å². The Hall–Kier alpha value is -8.83. The predicted molar refractivity (Wildman–Crippen MR) is 315 cm³/mol. The van der Waals surface area contributed by atoms with Crippen LogP contribution in [0.4, 0.5) is 0 Å². The molecule has 4 heteroatoms. The van der Waals surface area contributed by atoms with Crippen molar-refractivity contribution in [2.45, 2.75) is 26.8 Å². The van der Waals surface area contributed by atoms with Crippen molar-refractivity contribution in [3.05, 3.63) is 259 Å².